The summed E-state index contributed by atoms with van der Waals surface area (Å²) in [6, 6.07) is 9.37. The van der Waals surface area contributed by atoms with Gasteiger partial charge in [-0.1, -0.05) is 31.9 Å². The van der Waals surface area contributed by atoms with Crippen LogP contribution >= 0.6 is 0 Å². The van der Waals surface area contributed by atoms with Gasteiger partial charge in [-0.15, -0.1) is 0 Å². The van der Waals surface area contributed by atoms with Gasteiger partial charge in [0.2, 0.25) is 0 Å². The Morgan fingerprint density at radius 1 is 1.14 bits per heavy atom. The lowest BCUT2D eigenvalue weighted by Gasteiger charge is -2.32. The van der Waals surface area contributed by atoms with Gasteiger partial charge < -0.3 is 20.6 Å². The van der Waals surface area contributed by atoms with Gasteiger partial charge in [-0.3, -0.25) is 0 Å². The smallest absolute Gasteiger partial charge is 0.191 e. The number of rotatable bonds is 6. The molecule has 1 saturated heterocycles. The molecule has 28 heavy (non-hydrogen) atoms. The molecule has 5 heteroatoms. The van der Waals surface area contributed by atoms with Crippen molar-refractivity contribution in [1.29, 1.82) is 0 Å². The fourth-order valence-electron chi connectivity index (χ4n) is 4.43. The maximum atomic E-state index is 9.30. The summed E-state index contributed by atoms with van der Waals surface area (Å²) in [6.45, 7) is 8.46. The van der Waals surface area contributed by atoms with Crippen LogP contribution in [0.2, 0.25) is 0 Å². The summed E-state index contributed by atoms with van der Waals surface area (Å²) >= 11 is 0. The van der Waals surface area contributed by atoms with E-state index >= 15 is 0 Å². The third-order valence-electron chi connectivity index (χ3n) is 6.22. The molecule has 0 spiro atoms. The van der Waals surface area contributed by atoms with E-state index in [-0.39, 0.29) is 0 Å². The molecule has 0 bridgehead atoms. The van der Waals surface area contributed by atoms with Gasteiger partial charge in [-0.2, -0.15) is 0 Å². The summed E-state index contributed by atoms with van der Waals surface area (Å²) in [5.41, 5.74) is 2.52. The maximum absolute atomic E-state index is 9.30. The van der Waals surface area contributed by atoms with Gasteiger partial charge in [0.05, 0.1) is 6.54 Å². The Bertz CT molecular complexity index is 608. The van der Waals surface area contributed by atoms with E-state index in [2.05, 4.69) is 53.6 Å². The van der Waals surface area contributed by atoms with E-state index in [4.69, 9.17) is 4.99 Å². The minimum Gasteiger partial charge on any atom is -0.396 e. The zero-order valence-corrected chi connectivity index (χ0v) is 17.7. The van der Waals surface area contributed by atoms with Crippen molar-refractivity contribution in [2.45, 2.75) is 65.0 Å². The Hall–Kier alpha value is -1.75. The predicted octanol–water partition coefficient (Wildman–Crippen LogP) is 3.53. The topological polar surface area (TPSA) is 59.9 Å². The van der Waals surface area contributed by atoms with Crippen molar-refractivity contribution in [2.24, 2.45) is 16.8 Å². The predicted molar refractivity (Wildman–Crippen MR) is 118 cm³/mol. The molecule has 2 atom stereocenters. The second-order valence-electron chi connectivity index (χ2n) is 8.59. The number of aliphatic hydroxyl groups excluding tert-OH is 1. The third-order valence-corrected chi connectivity index (χ3v) is 6.22. The average molecular weight is 387 g/mol. The highest BCUT2D eigenvalue weighted by molar-refractivity contribution is 5.80. The Balaban J connectivity index is 1.54. The summed E-state index contributed by atoms with van der Waals surface area (Å²) in [5.74, 6) is 2.23. The minimum absolute atomic E-state index is 0.326. The molecule has 1 aliphatic carbocycles. The first-order valence-corrected chi connectivity index (χ1v) is 11.2. The summed E-state index contributed by atoms with van der Waals surface area (Å²) in [6.07, 6.45) is 7.33. The first-order valence-electron chi connectivity index (χ1n) is 11.2. The van der Waals surface area contributed by atoms with Crippen LogP contribution in [0.25, 0.3) is 0 Å². The number of hydrogen-bond acceptors (Lipinski definition) is 3. The molecule has 1 aliphatic heterocycles. The molecule has 2 unspecified atom stereocenters. The van der Waals surface area contributed by atoms with Gasteiger partial charge in [-0.05, 0) is 62.1 Å². The lowest BCUT2D eigenvalue weighted by Crippen LogP contribution is -2.45. The molecule has 1 aromatic carbocycles. The Morgan fingerprint density at radius 3 is 2.54 bits per heavy atom. The largest absolute Gasteiger partial charge is 0.396 e. The number of nitrogens with zero attached hydrogens (tertiary/aromatic N) is 2. The van der Waals surface area contributed by atoms with Crippen LogP contribution in [0.5, 0.6) is 0 Å². The highest BCUT2D eigenvalue weighted by Gasteiger charge is 2.20. The number of aliphatic imine (C=N–C) groups is 1. The second kappa shape index (κ2) is 10.7. The van der Waals surface area contributed by atoms with Gasteiger partial charge in [0.1, 0.15) is 0 Å². The Kier molecular flexibility index (Phi) is 8.01. The maximum Gasteiger partial charge on any atom is 0.191 e. The second-order valence-corrected chi connectivity index (χ2v) is 8.59. The molecule has 1 aromatic rings. The average Bonchev–Trinajstić information content (AvgIpc) is 2.73. The van der Waals surface area contributed by atoms with Crippen molar-refractivity contribution < 1.29 is 5.11 Å². The van der Waals surface area contributed by atoms with E-state index in [1.165, 1.54) is 36.9 Å². The van der Waals surface area contributed by atoms with Crippen LogP contribution in [0.15, 0.2) is 29.3 Å². The van der Waals surface area contributed by atoms with E-state index in [0.717, 1.165) is 44.4 Å². The van der Waals surface area contributed by atoms with Gasteiger partial charge in [0.15, 0.2) is 5.96 Å². The zero-order chi connectivity index (χ0) is 19.8. The molecule has 1 saturated carbocycles. The molecule has 0 radical (unpaired) electrons. The number of hydrogen-bond donors (Lipinski definition) is 3. The van der Waals surface area contributed by atoms with Crippen molar-refractivity contribution in [3.63, 3.8) is 0 Å². The first kappa shape index (κ1) is 21.0. The van der Waals surface area contributed by atoms with Crippen LogP contribution in [0.3, 0.4) is 0 Å². The lowest BCUT2D eigenvalue weighted by atomic mass is 9.87. The van der Waals surface area contributed by atoms with Crippen LogP contribution in [0, 0.1) is 11.8 Å². The van der Waals surface area contributed by atoms with E-state index in [1.807, 2.05) is 0 Å². The molecule has 5 nitrogen and oxygen atoms in total. The zero-order valence-electron chi connectivity index (χ0n) is 17.7. The van der Waals surface area contributed by atoms with Crippen LogP contribution in [-0.2, 0) is 6.54 Å². The normalized spacial score (nSPS) is 24.2. The molecule has 0 amide bonds. The molecular formula is C23H38N4O. The molecule has 0 aromatic heterocycles. The van der Waals surface area contributed by atoms with E-state index < -0.39 is 0 Å². The van der Waals surface area contributed by atoms with E-state index in [9.17, 15) is 5.11 Å². The monoisotopic (exact) mass is 386 g/mol. The SMILES string of the molecule is CCNC(=NCc1ccc(N2CCC(CO)CC2)cc1)NC1CCCC(C)C1. The standard InChI is InChI=1S/C23H38N4O/c1-3-24-23(26-21-6-4-5-18(2)15-21)25-16-19-7-9-22(10-8-19)27-13-11-20(17-28)12-14-27/h7-10,18,20-21,28H,3-6,11-17H2,1-2H3,(H2,24,25,26). The van der Waals surface area contributed by atoms with Crippen LogP contribution in [-0.4, -0.2) is 43.3 Å². The van der Waals surface area contributed by atoms with Gasteiger partial charge in [0.25, 0.3) is 0 Å². The highest BCUT2D eigenvalue weighted by Crippen LogP contribution is 2.24. The van der Waals surface area contributed by atoms with Crippen molar-refractivity contribution in [2.75, 3.05) is 31.1 Å². The van der Waals surface area contributed by atoms with E-state index in [0.29, 0.717) is 25.1 Å². The van der Waals surface area contributed by atoms with Crippen molar-refractivity contribution in [3.05, 3.63) is 29.8 Å². The van der Waals surface area contributed by atoms with Gasteiger partial charge in [0, 0.05) is 38.0 Å². The number of guanidine groups is 1. The number of aliphatic hydroxyl groups is 1. The third kappa shape index (κ3) is 6.13. The summed E-state index contributed by atoms with van der Waals surface area (Å²) < 4.78 is 0. The molecule has 156 valence electrons. The fraction of sp³-hybridized carbons (Fsp3) is 0.696. The molecule has 3 rings (SSSR count). The highest BCUT2D eigenvalue weighted by atomic mass is 16.3. The van der Waals surface area contributed by atoms with Crippen LogP contribution in [0.4, 0.5) is 5.69 Å². The molecule has 1 heterocycles. The Labute approximate surface area is 170 Å². The van der Waals surface area contributed by atoms with Gasteiger partial charge in [-0.25, -0.2) is 4.99 Å². The lowest BCUT2D eigenvalue weighted by molar-refractivity contribution is 0.203. The molecule has 3 N–H and O–H groups in total. The summed E-state index contributed by atoms with van der Waals surface area (Å²) in [5, 5.41) is 16.3. The summed E-state index contributed by atoms with van der Waals surface area (Å²) in [4.78, 5) is 7.24. The number of anilines is 1. The molecule has 2 aliphatic rings. The first-order chi connectivity index (χ1) is 13.7. The van der Waals surface area contributed by atoms with Gasteiger partial charge >= 0.3 is 0 Å². The molecule has 2 fully saturated rings. The van der Waals surface area contributed by atoms with Crippen LogP contribution in [0.1, 0.15) is 57.9 Å². The van der Waals surface area contributed by atoms with Crippen molar-refractivity contribution in [1.82, 2.24) is 10.6 Å². The minimum atomic E-state index is 0.326. The quantitative estimate of drug-likeness (QED) is 0.517. The van der Waals surface area contributed by atoms with E-state index in [1.54, 1.807) is 0 Å². The molecular weight excluding hydrogens is 348 g/mol. The Morgan fingerprint density at radius 2 is 1.89 bits per heavy atom. The number of nitrogens with one attached hydrogen (secondary N) is 2. The fourth-order valence-corrected chi connectivity index (χ4v) is 4.43. The van der Waals surface area contributed by atoms with Crippen molar-refractivity contribution in [3.8, 4) is 0 Å². The van der Waals surface area contributed by atoms with Crippen LogP contribution < -0.4 is 15.5 Å². The summed E-state index contributed by atoms with van der Waals surface area (Å²) in [7, 11) is 0. The van der Waals surface area contributed by atoms with Crippen molar-refractivity contribution >= 4 is 11.6 Å². The number of benzene rings is 1. The number of piperidine rings is 1.